The number of carboxylic acids is 1. The lowest BCUT2D eigenvalue weighted by Crippen LogP contribution is -2.24. The van der Waals surface area contributed by atoms with Gasteiger partial charge < -0.3 is 10.4 Å². The van der Waals surface area contributed by atoms with E-state index in [1.165, 1.54) is 24.3 Å². The predicted molar refractivity (Wildman–Crippen MR) is 72.1 cm³/mol. The standard InChI is InChI=1S/C13H17NO2S/c1-9-8-11(2-3-12(9)13(15)16)14-10-4-6-17-7-5-10/h2-3,8,10,14H,4-7H2,1H3,(H,15,16). The lowest BCUT2D eigenvalue weighted by Gasteiger charge is -2.23. The number of nitrogens with one attached hydrogen (secondary N) is 1. The van der Waals surface area contributed by atoms with E-state index in [-0.39, 0.29) is 0 Å². The zero-order chi connectivity index (χ0) is 12.3. The molecule has 4 heteroatoms. The summed E-state index contributed by atoms with van der Waals surface area (Å²) >= 11 is 2.00. The van der Waals surface area contributed by atoms with Gasteiger partial charge in [0, 0.05) is 11.7 Å². The molecule has 1 aliphatic heterocycles. The van der Waals surface area contributed by atoms with Gasteiger partial charge in [0.25, 0.3) is 0 Å². The van der Waals surface area contributed by atoms with Crippen molar-refractivity contribution >= 4 is 23.4 Å². The van der Waals surface area contributed by atoms with E-state index in [0.29, 0.717) is 11.6 Å². The smallest absolute Gasteiger partial charge is 0.335 e. The van der Waals surface area contributed by atoms with Crippen molar-refractivity contribution in [3.63, 3.8) is 0 Å². The average Bonchev–Trinajstić information content (AvgIpc) is 2.30. The maximum atomic E-state index is 10.9. The molecule has 2 rings (SSSR count). The Balaban J connectivity index is 2.06. The molecule has 0 aliphatic carbocycles. The number of carbonyl (C=O) groups is 1. The Hall–Kier alpha value is -1.16. The van der Waals surface area contributed by atoms with E-state index in [1.807, 2.05) is 30.8 Å². The number of anilines is 1. The molecule has 2 N–H and O–H groups in total. The summed E-state index contributed by atoms with van der Waals surface area (Å²) in [7, 11) is 0. The van der Waals surface area contributed by atoms with Crippen molar-refractivity contribution in [3.8, 4) is 0 Å². The molecule has 0 atom stereocenters. The summed E-state index contributed by atoms with van der Waals surface area (Å²) in [5, 5.41) is 12.4. The second-order valence-corrected chi connectivity index (χ2v) is 5.59. The SMILES string of the molecule is Cc1cc(NC2CCSCC2)ccc1C(=O)O. The second-order valence-electron chi connectivity index (χ2n) is 4.37. The van der Waals surface area contributed by atoms with E-state index >= 15 is 0 Å². The minimum atomic E-state index is -0.858. The summed E-state index contributed by atoms with van der Waals surface area (Å²) in [6.07, 6.45) is 2.37. The summed E-state index contributed by atoms with van der Waals surface area (Å²) in [5.41, 5.74) is 2.23. The molecule has 3 nitrogen and oxygen atoms in total. The Kier molecular flexibility index (Phi) is 3.94. The molecular weight excluding hydrogens is 234 g/mol. The molecule has 0 aromatic heterocycles. The highest BCUT2D eigenvalue weighted by atomic mass is 32.2. The monoisotopic (exact) mass is 251 g/mol. The fraction of sp³-hybridized carbons (Fsp3) is 0.462. The van der Waals surface area contributed by atoms with Crippen LogP contribution in [0.1, 0.15) is 28.8 Å². The molecule has 0 bridgehead atoms. The molecule has 1 heterocycles. The van der Waals surface area contributed by atoms with Gasteiger partial charge in [0.05, 0.1) is 5.56 Å². The van der Waals surface area contributed by atoms with Crippen molar-refractivity contribution < 1.29 is 9.90 Å². The highest BCUT2D eigenvalue weighted by Gasteiger charge is 2.14. The van der Waals surface area contributed by atoms with Gasteiger partial charge in [0.2, 0.25) is 0 Å². The molecule has 17 heavy (non-hydrogen) atoms. The van der Waals surface area contributed by atoms with Gasteiger partial charge in [0.1, 0.15) is 0 Å². The predicted octanol–water partition coefficient (Wildman–Crippen LogP) is 3.00. The number of aryl methyl sites for hydroxylation is 1. The number of carboxylic acid groups (broad SMARTS) is 1. The first-order chi connectivity index (χ1) is 8.16. The molecule has 1 aliphatic rings. The Bertz CT molecular complexity index is 414. The zero-order valence-corrected chi connectivity index (χ0v) is 10.7. The number of rotatable bonds is 3. The van der Waals surface area contributed by atoms with E-state index in [2.05, 4.69) is 5.32 Å². The Morgan fingerprint density at radius 1 is 1.41 bits per heavy atom. The quantitative estimate of drug-likeness (QED) is 0.867. The molecule has 0 spiro atoms. The molecule has 0 amide bonds. The van der Waals surface area contributed by atoms with Crippen LogP contribution in [-0.4, -0.2) is 28.6 Å². The van der Waals surface area contributed by atoms with Crippen LogP contribution in [0.15, 0.2) is 18.2 Å². The summed E-state index contributed by atoms with van der Waals surface area (Å²) in [6.45, 7) is 1.84. The van der Waals surface area contributed by atoms with Gasteiger partial charge in [0.15, 0.2) is 0 Å². The van der Waals surface area contributed by atoms with Crippen LogP contribution < -0.4 is 5.32 Å². The summed E-state index contributed by atoms with van der Waals surface area (Å²) in [4.78, 5) is 10.9. The molecule has 1 aromatic rings. The maximum Gasteiger partial charge on any atom is 0.335 e. The van der Waals surface area contributed by atoms with E-state index < -0.39 is 5.97 Å². The fourth-order valence-electron chi connectivity index (χ4n) is 2.07. The van der Waals surface area contributed by atoms with Crippen LogP contribution in [-0.2, 0) is 0 Å². The van der Waals surface area contributed by atoms with Gasteiger partial charge in [-0.3, -0.25) is 0 Å². The van der Waals surface area contributed by atoms with Crippen molar-refractivity contribution in [2.45, 2.75) is 25.8 Å². The maximum absolute atomic E-state index is 10.9. The summed E-state index contributed by atoms with van der Waals surface area (Å²) < 4.78 is 0. The Morgan fingerprint density at radius 3 is 2.71 bits per heavy atom. The zero-order valence-electron chi connectivity index (χ0n) is 9.90. The van der Waals surface area contributed by atoms with Crippen LogP contribution in [0.4, 0.5) is 5.69 Å². The first-order valence-electron chi connectivity index (χ1n) is 5.85. The second kappa shape index (κ2) is 5.45. The van der Waals surface area contributed by atoms with Gasteiger partial charge in [-0.2, -0.15) is 11.8 Å². The van der Waals surface area contributed by atoms with Crippen molar-refractivity contribution in [2.75, 3.05) is 16.8 Å². The minimum Gasteiger partial charge on any atom is -0.478 e. The van der Waals surface area contributed by atoms with E-state index in [9.17, 15) is 4.79 Å². The lowest BCUT2D eigenvalue weighted by atomic mass is 10.1. The third kappa shape index (κ3) is 3.16. The number of aromatic carboxylic acids is 1. The van der Waals surface area contributed by atoms with Gasteiger partial charge in [-0.1, -0.05) is 0 Å². The largest absolute Gasteiger partial charge is 0.478 e. The van der Waals surface area contributed by atoms with Gasteiger partial charge in [-0.25, -0.2) is 4.79 Å². The molecule has 92 valence electrons. The highest BCUT2D eigenvalue weighted by Crippen LogP contribution is 2.22. The van der Waals surface area contributed by atoms with Crippen molar-refractivity contribution in [1.82, 2.24) is 0 Å². The van der Waals surface area contributed by atoms with E-state index in [0.717, 1.165) is 11.3 Å². The third-order valence-electron chi connectivity index (χ3n) is 3.05. The number of hydrogen-bond donors (Lipinski definition) is 2. The fourth-order valence-corrected chi connectivity index (χ4v) is 3.18. The minimum absolute atomic E-state index is 0.384. The molecule has 1 saturated heterocycles. The normalized spacial score (nSPS) is 16.8. The lowest BCUT2D eigenvalue weighted by molar-refractivity contribution is 0.0696. The van der Waals surface area contributed by atoms with Crippen molar-refractivity contribution in [1.29, 1.82) is 0 Å². The van der Waals surface area contributed by atoms with Gasteiger partial charge in [-0.05, 0) is 55.0 Å². The average molecular weight is 251 g/mol. The van der Waals surface area contributed by atoms with Crippen LogP contribution in [0.25, 0.3) is 0 Å². The summed E-state index contributed by atoms with van der Waals surface area (Å²) in [5.74, 6) is 1.57. The van der Waals surface area contributed by atoms with Crippen LogP contribution in [0.2, 0.25) is 0 Å². The molecule has 1 aromatic carbocycles. The van der Waals surface area contributed by atoms with Gasteiger partial charge >= 0.3 is 5.97 Å². The molecule has 0 saturated carbocycles. The van der Waals surface area contributed by atoms with E-state index in [4.69, 9.17) is 5.11 Å². The summed E-state index contributed by atoms with van der Waals surface area (Å²) in [6, 6.07) is 5.99. The molecule has 0 radical (unpaired) electrons. The topological polar surface area (TPSA) is 49.3 Å². The third-order valence-corrected chi connectivity index (χ3v) is 4.10. The van der Waals surface area contributed by atoms with Gasteiger partial charge in [-0.15, -0.1) is 0 Å². The first kappa shape index (κ1) is 12.3. The van der Waals surface area contributed by atoms with Crippen LogP contribution in [0, 0.1) is 6.92 Å². The molecular formula is C13H17NO2S. The molecule has 0 unspecified atom stereocenters. The molecule has 1 fully saturated rings. The van der Waals surface area contributed by atoms with Crippen LogP contribution >= 0.6 is 11.8 Å². The Morgan fingerprint density at radius 2 is 2.12 bits per heavy atom. The number of thioether (sulfide) groups is 1. The first-order valence-corrected chi connectivity index (χ1v) is 7.00. The van der Waals surface area contributed by atoms with E-state index in [1.54, 1.807) is 6.07 Å². The Labute approximate surface area is 106 Å². The number of benzene rings is 1. The van der Waals surface area contributed by atoms with Crippen LogP contribution in [0.3, 0.4) is 0 Å². The van der Waals surface area contributed by atoms with Crippen molar-refractivity contribution in [3.05, 3.63) is 29.3 Å². The highest BCUT2D eigenvalue weighted by molar-refractivity contribution is 7.99. The van der Waals surface area contributed by atoms with Crippen molar-refractivity contribution in [2.24, 2.45) is 0 Å². The number of hydrogen-bond acceptors (Lipinski definition) is 3. The van der Waals surface area contributed by atoms with Crippen LogP contribution in [0.5, 0.6) is 0 Å².